The highest BCUT2D eigenvalue weighted by atomic mass is 28.4. The van der Waals surface area contributed by atoms with Gasteiger partial charge in [0.2, 0.25) is 0 Å². The van der Waals surface area contributed by atoms with Gasteiger partial charge < -0.3 is 13.9 Å². The van der Waals surface area contributed by atoms with E-state index in [1.165, 1.54) is 4.68 Å². The molecule has 0 saturated carbocycles. The minimum absolute atomic E-state index is 0.000286. The number of unbranched alkanes of at least 4 members (excludes halogenated alkanes) is 1. The van der Waals surface area contributed by atoms with Gasteiger partial charge in [0.1, 0.15) is 6.61 Å². The Bertz CT molecular complexity index is 831. The zero-order valence-electron chi connectivity index (χ0n) is 20.6. The van der Waals surface area contributed by atoms with E-state index in [1.807, 2.05) is 44.2 Å². The number of esters is 1. The van der Waals surface area contributed by atoms with Gasteiger partial charge in [-0.1, -0.05) is 75.3 Å². The number of ether oxygens (including phenoxy) is 2. The van der Waals surface area contributed by atoms with Crippen LogP contribution in [0.1, 0.15) is 59.1 Å². The molecule has 8 heteroatoms. The Morgan fingerprint density at radius 3 is 2.38 bits per heavy atom. The lowest BCUT2D eigenvalue weighted by atomic mass is 10.1. The van der Waals surface area contributed by atoms with Gasteiger partial charge in [-0.2, -0.15) is 0 Å². The molecule has 1 atom stereocenters. The van der Waals surface area contributed by atoms with Crippen molar-refractivity contribution in [3.8, 4) is 5.88 Å². The minimum atomic E-state index is -1.70. The standard InChI is InChI=1S/C24H39N3O4Si/c1-19(2)22(23(28)30-18-20-13-9-8-10-14-20)27-17-21(25-26-27)29-15-11-12-16-31-32(6,7)24(3,4)5/h8-10,13-14,17,19,22H,11-12,15-16,18H2,1-7H3/t22-/m0/s1. The molecule has 1 aromatic carbocycles. The molecule has 2 aromatic rings. The second kappa shape index (κ2) is 11.6. The third kappa shape index (κ3) is 7.74. The van der Waals surface area contributed by atoms with Gasteiger partial charge in [-0.3, -0.25) is 0 Å². The Kier molecular flexibility index (Phi) is 9.45. The summed E-state index contributed by atoms with van der Waals surface area (Å²) in [6.07, 6.45) is 3.47. The first-order valence-electron chi connectivity index (χ1n) is 11.4. The number of carbonyl (C=O) groups is 1. The lowest BCUT2D eigenvalue weighted by Gasteiger charge is -2.36. The van der Waals surface area contributed by atoms with Crippen molar-refractivity contribution < 1.29 is 18.7 Å². The molecule has 1 heterocycles. The fraction of sp³-hybridized carbons (Fsp3) is 0.625. The topological polar surface area (TPSA) is 75.5 Å². The van der Waals surface area contributed by atoms with E-state index < -0.39 is 14.4 Å². The third-order valence-electron chi connectivity index (χ3n) is 5.93. The van der Waals surface area contributed by atoms with E-state index >= 15 is 0 Å². The molecule has 0 spiro atoms. The maximum atomic E-state index is 12.7. The van der Waals surface area contributed by atoms with Crippen LogP contribution in [0.5, 0.6) is 5.88 Å². The molecule has 7 nitrogen and oxygen atoms in total. The molecule has 0 aliphatic heterocycles. The third-order valence-corrected chi connectivity index (χ3v) is 10.5. The van der Waals surface area contributed by atoms with Gasteiger partial charge in [0.25, 0.3) is 5.88 Å². The van der Waals surface area contributed by atoms with E-state index in [9.17, 15) is 4.79 Å². The van der Waals surface area contributed by atoms with Crippen LogP contribution in [0.15, 0.2) is 36.5 Å². The number of carbonyl (C=O) groups excluding carboxylic acids is 1. The average Bonchev–Trinajstić information content (AvgIpc) is 3.17. The number of aromatic nitrogens is 3. The van der Waals surface area contributed by atoms with Crippen molar-refractivity contribution in [2.75, 3.05) is 13.2 Å². The van der Waals surface area contributed by atoms with E-state index in [0.717, 1.165) is 25.0 Å². The molecule has 0 aliphatic carbocycles. The summed E-state index contributed by atoms with van der Waals surface area (Å²) in [6, 6.07) is 9.07. The summed E-state index contributed by atoms with van der Waals surface area (Å²) in [6.45, 7) is 16.7. The Morgan fingerprint density at radius 1 is 1.09 bits per heavy atom. The summed E-state index contributed by atoms with van der Waals surface area (Å²) < 4.78 is 19.0. The number of rotatable bonds is 12. The van der Waals surface area contributed by atoms with Crippen LogP contribution in [-0.4, -0.2) is 42.5 Å². The van der Waals surface area contributed by atoms with Crippen molar-refractivity contribution in [1.82, 2.24) is 15.0 Å². The molecule has 0 aliphatic rings. The van der Waals surface area contributed by atoms with Crippen LogP contribution in [-0.2, 0) is 20.6 Å². The van der Waals surface area contributed by atoms with E-state index in [1.54, 1.807) is 6.20 Å². The van der Waals surface area contributed by atoms with Crippen LogP contribution in [0, 0.1) is 5.92 Å². The van der Waals surface area contributed by atoms with Gasteiger partial charge >= 0.3 is 5.97 Å². The first kappa shape index (κ1) is 26.1. The van der Waals surface area contributed by atoms with Gasteiger partial charge in [-0.25, -0.2) is 9.48 Å². The lowest BCUT2D eigenvalue weighted by Crippen LogP contribution is -2.41. The van der Waals surface area contributed by atoms with Crippen molar-refractivity contribution in [3.63, 3.8) is 0 Å². The number of nitrogens with zero attached hydrogens (tertiary/aromatic N) is 3. The van der Waals surface area contributed by atoms with Crippen molar-refractivity contribution in [1.29, 1.82) is 0 Å². The highest BCUT2D eigenvalue weighted by Gasteiger charge is 2.36. The Morgan fingerprint density at radius 2 is 1.75 bits per heavy atom. The minimum Gasteiger partial charge on any atom is -0.475 e. The van der Waals surface area contributed by atoms with Gasteiger partial charge in [0.15, 0.2) is 14.4 Å². The molecule has 178 valence electrons. The molecule has 0 saturated heterocycles. The van der Waals surface area contributed by atoms with Crippen molar-refractivity contribution in [2.45, 2.75) is 78.2 Å². The quantitative estimate of drug-likeness (QED) is 0.239. The van der Waals surface area contributed by atoms with Crippen molar-refractivity contribution in [2.24, 2.45) is 5.92 Å². The fourth-order valence-electron chi connectivity index (χ4n) is 2.89. The number of hydrogen-bond acceptors (Lipinski definition) is 6. The summed E-state index contributed by atoms with van der Waals surface area (Å²) in [4.78, 5) is 12.7. The average molecular weight is 462 g/mol. The van der Waals surface area contributed by atoms with Gasteiger partial charge in [-0.15, -0.1) is 0 Å². The van der Waals surface area contributed by atoms with Crippen LogP contribution in [0.2, 0.25) is 18.1 Å². The predicted molar refractivity (Wildman–Crippen MR) is 128 cm³/mol. The van der Waals surface area contributed by atoms with Crippen LogP contribution in [0.25, 0.3) is 0 Å². The van der Waals surface area contributed by atoms with Crippen LogP contribution >= 0.6 is 0 Å². The second-order valence-corrected chi connectivity index (χ2v) is 14.8. The van der Waals surface area contributed by atoms with E-state index in [-0.39, 0.29) is 23.5 Å². The van der Waals surface area contributed by atoms with Crippen molar-refractivity contribution in [3.05, 3.63) is 42.1 Å². The Labute approximate surface area is 193 Å². The maximum Gasteiger partial charge on any atom is 0.331 e. The summed E-state index contributed by atoms with van der Waals surface area (Å²) >= 11 is 0. The van der Waals surface area contributed by atoms with Crippen LogP contribution in [0.4, 0.5) is 0 Å². The van der Waals surface area contributed by atoms with E-state index in [2.05, 4.69) is 44.2 Å². The smallest absolute Gasteiger partial charge is 0.331 e. The molecular formula is C24H39N3O4Si. The second-order valence-electron chi connectivity index (χ2n) is 9.98. The molecule has 1 aromatic heterocycles. The zero-order valence-corrected chi connectivity index (χ0v) is 21.6. The first-order chi connectivity index (χ1) is 15.0. The SMILES string of the molecule is CC(C)[C@@H](C(=O)OCc1ccccc1)n1cc(OCCCCO[Si](C)(C)C(C)(C)C)nn1. The maximum absolute atomic E-state index is 12.7. The predicted octanol–water partition coefficient (Wildman–Crippen LogP) is 5.40. The van der Waals surface area contributed by atoms with Gasteiger partial charge in [-0.05, 0) is 42.5 Å². The molecule has 32 heavy (non-hydrogen) atoms. The number of hydrogen-bond donors (Lipinski definition) is 0. The Balaban J connectivity index is 1.79. The molecule has 0 radical (unpaired) electrons. The van der Waals surface area contributed by atoms with Crippen LogP contribution in [0.3, 0.4) is 0 Å². The molecule has 0 fully saturated rings. The molecular weight excluding hydrogens is 422 g/mol. The summed E-state index contributed by atoms with van der Waals surface area (Å²) in [7, 11) is -1.70. The number of benzene rings is 1. The molecule has 0 amide bonds. The van der Waals surface area contributed by atoms with Gasteiger partial charge in [0.05, 0.1) is 12.8 Å². The van der Waals surface area contributed by atoms with Crippen molar-refractivity contribution >= 4 is 14.3 Å². The summed E-state index contributed by atoms with van der Waals surface area (Å²) in [5.74, 6) is 0.0835. The molecule has 0 bridgehead atoms. The molecule has 2 rings (SSSR count). The molecule has 0 N–H and O–H groups in total. The first-order valence-corrected chi connectivity index (χ1v) is 14.3. The Hall–Kier alpha value is -2.19. The largest absolute Gasteiger partial charge is 0.475 e. The lowest BCUT2D eigenvalue weighted by molar-refractivity contribution is -0.151. The highest BCUT2D eigenvalue weighted by molar-refractivity contribution is 6.74. The van der Waals surface area contributed by atoms with Gasteiger partial charge in [0, 0.05) is 6.61 Å². The van der Waals surface area contributed by atoms with E-state index in [4.69, 9.17) is 13.9 Å². The highest BCUT2D eigenvalue weighted by Crippen LogP contribution is 2.36. The zero-order chi connectivity index (χ0) is 23.8. The normalized spacial score (nSPS) is 13.2. The summed E-state index contributed by atoms with van der Waals surface area (Å²) in [5, 5.41) is 8.40. The monoisotopic (exact) mass is 461 g/mol. The van der Waals surface area contributed by atoms with E-state index in [0.29, 0.717) is 12.5 Å². The fourth-order valence-corrected chi connectivity index (χ4v) is 3.97. The summed E-state index contributed by atoms with van der Waals surface area (Å²) in [5.41, 5.74) is 0.948. The van der Waals surface area contributed by atoms with Crippen LogP contribution < -0.4 is 4.74 Å². The molecule has 0 unspecified atom stereocenters.